The third-order valence-electron chi connectivity index (χ3n) is 2.94. The first-order valence-electron chi connectivity index (χ1n) is 6.26. The predicted molar refractivity (Wildman–Crippen MR) is 78.9 cm³/mol. The lowest BCUT2D eigenvalue weighted by Crippen LogP contribution is -2.12. The summed E-state index contributed by atoms with van der Waals surface area (Å²) in [6, 6.07) is 7.17. The van der Waals surface area contributed by atoms with Gasteiger partial charge in [-0.3, -0.25) is 4.79 Å². The third-order valence-corrected chi connectivity index (χ3v) is 3.77. The van der Waals surface area contributed by atoms with Gasteiger partial charge in [-0.1, -0.05) is 4.49 Å². The maximum atomic E-state index is 12.2. The molecule has 0 aliphatic heterocycles. The topological polar surface area (TPSA) is 103 Å². The van der Waals surface area contributed by atoms with Crippen molar-refractivity contribution in [3.63, 3.8) is 0 Å². The Morgan fingerprint density at radius 2 is 2.05 bits per heavy atom. The minimum absolute atomic E-state index is 0.239. The van der Waals surface area contributed by atoms with Gasteiger partial charge in [-0.05, 0) is 53.0 Å². The van der Waals surface area contributed by atoms with Crippen molar-refractivity contribution in [1.82, 2.24) is 19.9 Å². The number of nitrogens with zero attached hydrogens (tertiary/aromatic N) is 4. The summed E-state index contributed by atoms with van der Waals surface area (Å²) in [7, 11) is 1.59. The van der Waals surface area contributed by atoms with Gasteiger partial charge in [0, 0.05) is 5.56 Å². The van der Waals surface area contributed by atoms with Gasteiger partial charge < -0.3 is 10.1 Å². The van der Waals surface area contributed by atoms with Crippen LogP contribution in [-0.2, 0) is 0 Å². The molecule has 2 aromatic heterocycles. The molecule has 2 heterocycles. The van der Waals surface area contributed by atoms with Crippen molar-refractivity contribution < 1.29 is 14.2 Å². The number of methoxy groups -OCH3 is 1. The molecule has 0 spiro atoms. The van der Waals surface area contributed by atoms with Crippen LogP contribution in [0.4, 0.5) is 5.82 Å². The fourth-order valence-electron chi connectivity index (χ4n) is 1.81. The number of nitrogens with one attached hydrogen (secondary N) is 1. The van der Waals surface area contributed by atoms with Gasteiger partial charge in [0.25, 0.3) is 5.91 Å². The number of rotatable bonds is 4. The van der Waals surface area contributed by atoms with Crippen LogP contribution >= 0.6 is 11.5 Å². The fourth-order valence-corrected chi connectivity index (χ4v) is 2.36. The Balaban J connectivity index is 1.85. The number of benzene rings is 1. The monoisotopic (exact) mass is 317 g/mol. The second kappa shape index (κ2) is 5.90. The van der Waals surface area contributed by atoms with Gasteiger partial charge in [0.15, 0.2) is 5.69 Å². The van der Waals surface area contributed by atoms with Crippen LogP contribution in [0.5, 0.6) is 5.75 Å². The first-order chi connectivity index (χ1) is 10.7. The highest BCUT2D eigenvalue weighted by Gasteiger charge is 2.19. The SMILES string of the molecule is COc1ccc(-c2nonc2NC(=O)c2snnc2C)cc1. The van der Waals surface area contributed by atoms with E-state index < -0.39 is 0 Å². The summed E-state index contributed by atoms with van der Waals surface area (Å²) in [6.45, 7) is 1.71. The second-order valence-electron chi connectivity index (χ2n) is 4.33. The van der Waals surface area contributed by atoms with Crippen molar-refractivity contribution in [2.45, 2.75) is 6.92 Å². The summed E-state index contributed by atoms with van der Waals surface area (Å²) in [5.74, 6) is 0.609. The summed E-state index contributed by atoms with van der Waals surface area (Å²) in [4.78, 5) is 12.6. The molecule has 0 saturated heterocycles. The number of hydrogen-bond donors (Lipinski definition) is 1. The molecule has 1 aromatic carbocycles. The molecule has 9 heteroatoms. The molecule has 112 valence electrons. The molecule has 0 unspecified atom stereocenters. The fraction of sp³-hybridized carbons (Fsp3) is 0.154. The average Bonchev–Trinajstić information content (AvgIpc) is 3.16. The minimum atomic E-state index is -0.349. The van der Waals surface area contributed by atoms with Gasteiger partial charge in [0.05, 0.1) is 12.8 Å². The Kier molecular flexibility index (Phi) is 3.79. The molecule has 0 radical (unpaired) electrons. The molecular weight excluding hydrogens is 306 g/mol. The zero-order valence-electron chi connectivity index (χ0n) is 11.7. The highest BCUT2D eigenvalue weighted by Crippen LogP contribution is 2.26. The van der Waals surface area contributed by atoms with Gasteiger partial charge in [0.2, 0.25) is 5.82 Å². The van der Waals surface area contributed by atoms with Crippen molar-refractivity contribution in [2.24, 2.45) is 0 Å². The average molecular weight is 317 g/mol. The lowest BCUT2D eigenvalue weighted by Gasteiger charge is -2.03. The molecule has 8 nitrogen and oxygen atoms in total. The summed E-state index contributed by atoms with van der Waals surface area (Å²) < 4.78 is 13.6. The summed E-state index contributed by atoms with van der Waals surface area (Å²) >= 11 is 1.02. The van der Waals surface area contributed by atoms with E-state index in [9.17, 15) is 4.79 Å². The molecule has 1 N–H and O–H groups in total. The van der Waals surface area contributed by atoms with Crippen LogP contribution in [0.25, 0.3) is 11.3 Å². The molecule has 0 atom stereocenters. The van der Waals surface area contributed by atoms with Gasteiger partial charge in [-0.25, -0.2) is 4.63 Å². The van der Waals surface area contributed by atoms with E-state index in [1.807, 2.05) is 0 Å². The van der Waals surface area contributed by atoms with Crippen molar-refractivity contribution in [3.8, 4) is 17.0 Å². The number of aromatic nitrogens is 4. The number of carbonyl (C=O) groups excluding carboxylic acids is 1. The molecule has 3 aromatic rings. The molecule has 0 fully saturated rings. The molecular formula is C13H11N5O3S. The largest absolute Gasteiger partial charge is 0.497 e. The number of anilines is 1. The van der Waals surface area contributed by atoms with Crippen LogP contribution in [0.15, 0.2) is 28.9 Å². The zero-order valence-corrected chi connectivity index (χ0v) is 12.5. The van der Waals surface area contributed by atoms with Gasteiger partial charge in [-0.15, -0.1) is 5.10 Å². The summed E-state index contributed by atoms with van der Waals surface area (Å²) in [5, 5.41) is 14.0. The Bertz CT molecular complexity index is 796. The molecule has 0 aliphatic carbocycles. The van der Waals surface area contributed by atoms with E-state index in [2.05, 4.69) is 25.2 Å². The number of amides is 1. The van der Waals surface area contributed by atoms with Crippen molar-refractivity contribution in [3.05, 3.63) is 34.8 Å². The van der Waals surface area contributed by atoms with E-state index >= 15 is 0 Å². The second-order valence-corrected chi connectivity index (χ2v) is 5.09. The third kappa shape index (κ3) is 2.66. The number of hydrogen-bond acceptors (Lipinski definition) is 8. The van der Waals surface area contributed by atoms with Gasteiger partial charge in [-0.2, -0.15) is 0 Å². The molecule has 0 aliphatic rings. The van der Waals surface area contributed by atoms with Crippen LogP contribution in [0, 0.1) is 6.92 Å². The van der Waals surface area contributed by atoms with Crippen LogP contribution in [-0.4, -0.2) is 32.9 Å². The van der Waals surface area contributed by atoms with E-state index in [0.717, 1.165) is 22.8 Å². The molecule has 1 amide bonds. The van der Waals surface area contributed by atoms with Gasteiger partial charge >= 0.3 is 0 Å². The van der Waals surface area contributed by atoms with E-state index in [1.165, 1.54) is 0 Å². The maximum Gasteiger partial charge on any atom is 0.270 e. The highest BCUT2D eigenvalue weighted by atomic mass is 32.1. The Labute approximate surface area is 129 Å². The quantitative estimate of drug-likeness (QED) is 0.786. The number of carbonyl (C=O) groups is 1. The van der Waals surface area contributed by atoms with E-state index in [4.69, 9.17) is 9.37 Å². The zero-order chi connectivity index (χ0) is 15.5. The van der Waals surface area contributed by atoms with E-state index in [0.29, 0.717) is 16.3 Å². The first-order valence-corrected chi connectivity index (χ1v) is 7.03. The lowest BCUT2D eigenvalue weighted by atomic mass is 10.1. The number of ether oxygens (including phenoxy) is 1. The van der Waals surface area contributed by atoms with Crippen LogP contribution in [0.1, 0.15) is 15.4 Å². The molecule has 22 heavy (non-hydrogen) atoms. The normalized spacial score (nSPS) is 10.5. The first kappa shape index (κ1) is 14.1. The predicted octanol–water partition coefficient (Wildman–Crippen LogP) is 2.16. The lowest BCUT2D eigenvalue weighted by molar-refractivity contribution is 0.102. The van der Waals surface area contributed by atoms with Crippen LogP contribution in [0.3, 0.4) is 0 Å². The smallest absolute Gasteiger partial charge is 0.270 e. The molecule has 0 saturated carbocycles. The van der Waals surface area contributed by atoms with Gasteiger partial charge in [0.1, 0.15) is 10.6 Å². The Hall–Kier alpha value is -2.81. The Morgan fingerprint density at radius 1 is 1.27 bits per heavy atom. The molecule has 0 bridgehead atoms. The van der Waals surface area contributed by atoms with E-state index in [-0.39, 0.29) is 11.7 Å². The standard InChI is InChI=1S/C13H11N5O3S/c1-7-11(22-18-15-7)13(19)14-12-10(16-21-17-12)8-3-5-9(20-2)6-4-8/h3-6H,1-2H3,(H,14,17,19). The van der Waals surface area contributed by atoms with E-state index in [1.54, 1.807) is 38.3 Å². The summed E-state index contributed by atoms with van der Waals surface area (Å²) in [5.41, 5.74) is 1.74. The molecule has 3 rings (SSSR count). The maximum absolute atomic E-state index is 12.2. The van der Waals surface area contributed by atoms with Crippen LogP contribution in [0.2, 0.25) is 0 Å². The highest BCUT2D eigenvalue weighted by molar-refractivity contribution is 7.08. The Morgan fingerprint density at radius 3 is 2.68 bits per heavy atom. The summed E-state index contributed by atoms with van der Waals surface area (Å²) in [6.07, 6.45) is 0. The van der Waals surface area contributed by atoms with Crippen molar-refractivity contribution in [2.75, 3.05) is 12.4 Å². The van der Waals surface area contributed by atoms with Crippen LogP contribution < -0.4 is 10.1 Å². The number of aryl methyl sites for hydroxylation is 1. The van der Waals surface area contributed by atoms with Crippen molar-refractivity contribution >= 4 is 23.3 Å². The van der Waals surface area contributed by atoms with Crippen molar-refractivity contribution in [1.29, 1.82) is 0 Å². The minimum Gasteiger partial charge on any atom is -0.497 e.